The molecule has 2 fully saturated rings. The van der Waals surface area contributed by atoms with Crippen LogP contribution in [0.4, 0.5) is 10.5 Å². The van der Waals surface area contributed by atoms with E-state index in [4.69, 9.17) is 4.74 Å². The predicted octanol–water partition coefficient (Wildman–Crippen LogP) is 1.15. The number of nitrogens with zero attached hydrogens (tertiary/aromatic N) is 4. The molecule has 2 aromatic rings. The number of urea groups is 1. The molecule has 0 saturated carbocycles. The summed E-state index contributed by atoms with van der Waals surface area (Å²) in [5.41, 5.74) is 4.09. The first-order chi connectivity index (χ1) is 22.4. The van der Waals surface area contributed by atoms with Crippen molar-refractivity contribution >= 4 is 29.5 Å². The summed E-state index contributed by atoms with van der Waals surface area (Å²) in [6, 6.07) is 13.3. The Balaban J connectivity index is 1.45. The van der Waals surface area contributed by atoms with Crippen LogP contribution in [0.3, 0.4) is 0 Å². The number of aliphatic carboxylic acids is 1. The van der Waals surface area contributed by atoms with Gasteiger partial charge in [0.25, 0.3) is 0 Å². The van der Waals surface area contributed by atoms with E-state index in [1.165, 1.54) is 15.4 Å². The van der Waals surface area contributed by atoms with Crippen LogP contribution in [0.2, 0.25) is 0 Å². The van der Waals surface area contributed by atoms with Gasteiger partial charge in [0.05, 0.1) is 6.61 Å². The molecule has 11 heteroatoms. The molecule has 1 N–H and O–H groups in total. The fraction of sp³-hybridized carbons (Fsp3) is 0.556. The fourth-order valence-electron chi connectivity index (χ4n) is 7.16. The first kappa shape index (κ1) is 35.1. The maximum atomic E-state index is 14.3. The molecule has 3 aliphatic rings. The van der Waals surface area contributed by atoms with Crippen molar-refractivity contribution in [1.82, 2.24) is 14.7 Å². The second kappa shape index (κ2) is 14.9. The molecule has 2 aromatic carbocycles. The molecule has 0 aromatic heterocycles. The van der Waals surface area contributed by atoms with Crippen LogP contribution in [0.5, 0.6) is 5.75 Å². The molecule has 0 unspecified atom stereocenters. The average molecular weight is 762 g/mol. The zero-order valence-corrected chi connectivity index (χ0v) is 30.6. The zero-order chi connectivity index (χ0) is 33.9. The molecule has 5 rings (SSSR count). The Bertz CT molecular complexity index is 1490. The number of unbranched alkanes of at least 4 members (excludes halogenated alkanes) is 1. The van der Waals surface area contributed by atoms with Crippen molar-refractivity contribution in [3.05, 3.63) is 59.2 Å². The Kier molecular flexibility index (Phi) is 11.2. The van der Waals surface area contributed by atoms with Gasteiger partial charge in [0.1, 0.15) is 5.75 Å². The molecule has 0 spiro atoms. The van der Waals surface area contributed by atoms with Crippen molar-refractivity contribution in [3.63, 3.8) is 0 Å². The summed E-state index contributed by atoms with van der Waals surface area (Å²) in [6.07, 6.45) is 3.06. The van der Waals surface area contributed by atoms with Gasteiger partial charge in [-0.1, -0.05) is 0 Å². The number of ether oxygens (including phenoxy) is 1. The molecule has 10 nitrogen and oxygen atoms in total. The number of likely N-dealkylation sites (tertiary alicyclic amines) is 1. The van der Waals surface area contributed by atoms with Gasteiger partial charge in [0.15, 0.2) is 0 Å². The van der Waals surface area contributed by atoms with E-state index in [1.54, 1.807) is 7.05 Å². The predicted molar refractivity (Wildman–Crippen MR) is 179 cm³/mol. The Morgan fingerprint density at radius 1 is 1.09 bits per heavy atom. The summed E-state index contributed by atoms with van der Waals surface area (Å²) in [5, 5.41) is 10.7. The van der Waals surface area contributed by atoms with Crippen molar-refractivity contribution in [1.29, 1.82) is 0 Å². The van der Waals surface area contributed by atoms with Crippen LogP contribution in [-0.2, 0) is 25.2 Å². The summed E-state index contributed by atoms with van der Waals surface area (Å²) in [4.78, 5) is 66.7. The third kappa shape index (κ3) is 8.28. The number of carbonyl (C=O) groups is 4. The molecule has 0 aliphatic carbocycles. The number of fused-ring (bicyclic) bond motifs is 1. The Morgan fingerprint density at radius 2 is 1.87 bits per heavy atom. The second-order valence-corrected chi connectivity index (χ2v) is 25.7. The van der Waals surface area contributed by atoms with Crippen molar-refractivity contribution in [2.45, 2.75) is 55.4 Å². The Hall–Kier alpha value is -3.19. The molecular weight excluding hydrogens is 711 g/mol. The number of halogens is 1. The van der Waals surface area contributed by atoms with E-state index in [-0.39, 0.29) is 49.7 Å². The summed E-state index contributed by atoms with van der Waals surface area (Å²) < 4.78 is 6.76. The number of amides is 4. The first-order valence-corrected chi connectivity index (χ1v) is 24.6. The summed E-state index contributed by atoms with van der Waals surface area (Å²) in [5.74, 6) is -1.62. The van der Waals surface area contributed by atoms with Crippen molar-refractivity contribution in [3.8, 4) is 5.75 Å². The van der Waals surface area contributed by atoms with Crippen LogP contribution in [0.15, 0.2) is 42.5 Å². The monoisotopic (exact) mass is 761 g/mol. The molecule has 4 amide bonds. The average Bonchev–Trinajstić information content (AvgIpc) is 3.63. The fourth-order valence-corrected chi connectivity index (χ4v) is 10.3. The number of alkyl halides is 4. The third-order valence-corrected chi connectivity index (χ3v) is 12.7. The second-order valence-electron chi connectivity index (χ2n) is 13.9. The van der Waals surface area contributed by atoms with Crippen LogP contribution in [0.25, 0.3) is 0 Å². The molecular formula is C36H50IN4O6-. The van der Waals surface area contributed by atoms with Crippen molar-refractivity contribution in [2.75, 3.05) is 66.1 Å². The van der Waals surface area contributed by atoms with E-state index < -0.39 is 36.4 Å². The molecule has 47 heavy (non-hydrogen) atoms. The standard InChI is InChI=1S/C36H50IN4O6/c1-6-7-16-40(28-10-8-9-25(20-28)22-37(2,3)4)33(43)24-39-23-29(26-11-12-31-27(21-26)15-19-47-31)34(35(44)45)30(39)13-18-41-32(42)14-17-38(5)36(41)46/h8-12,20-21,29-30,34H,6-7,13-19,22-24H2,1-5H3,(H,44,45)/q-1/t29-,30+,34-/m1/s1. The van der Waals surface area contributed by atoms with E-state index in [0.717, 1.165) is 46.3 Å². The first-order valence-electron chi connectivity index (χ1n) is 16.6. The number of benzene rings is 2. The molecule has 0 radical (unpaired) electrons. The van der Waals surface area contributed by atoms with Crippen LogP contribution in [0.1, 0.15) is 55.2 Å². The van der Waals surface area contributed by atoms with E-state index in [2.05, 4.69) is 39.9 Å². The number of carbonyl (C=O) groups excluding carboxylic acids is 3. The van der Waals surface area contributed by atoms with Gasteiger partial charge in [-0.25, -0.2) is 4.79 Å². The molecule has 258 valence electrons. The van der Waals surface area contributed by atoms with Crippen LogP contribution in [-0.4, -0.2) is 111 Å². The minimum absolute atomic E-state index is 0.0470. The number of anilines is 1. The molecule has 3 aliphatic heterocycles. The summed E-state index contributed by atoms with van der Waals surface area (Å²) in [7, 11) is 1.67. The quantitative estimate of drug-likeness (QED) is 0.241. The Labute approximate surface area is 282 Å². The van der Waals surface area contributed by atoms with Gasteiger partial charge < -0.3 is 9.64 Å². The summed E-state index contributed by atoms with van der Waals surface area (Å²) in [6.45, 7) is 4.19. The number of hydrogen-bond donors (Lipinski definition) is 1. The van der Waals surface area contributed by atoms with Gasteiger partial charge in [0.2, 0.25) is 5.91 Å². The number of rotatable bonds is 13. The maximum absolute atomic E-state index is 14.3. The normalized spacial score (nSPS) is 21.9. The minimum atomic E-state index is -1.82. The van der Waals surface area contributed by atoms with E-state index in [0.29, 0.717) is 26.2 Å². The van der Waals surface area contributed by atoms with E-state index in [1.807, 2.05) is 34.1 Å². The van der Waals surface area contributed by atoms with E-state index >= 15 is 0 Å². The van der Waals surface area contributed by atoms with Crippen molar-refractivity contribution in [2.24, 2.45) is 5.92 Å². The SMILES string of the molecule is CCCCN(C(=O)CN1C[C@H](c2ccc3c(c2)CCO3)[C@@H](C(=O)O)[C@@H]1CCN1C(=O)CCN(C)C1=O)c1cccc(C[I-](C)(C)C)c1. The number of hydrogen-bond acceptors (Lipinski definition) is 6. The van der Waals surface area contributed by atoms with Crippen LogP contribution >= 0.6 is 0 Å². The zero-order valence-electron chi connectivity index (χ0n) is 28.4. The van der Waals surface area contributed by atoms with Gasteiger partial charge in [-0.15, -0.1) is 0 Å². The molecule has 3 heterocycles. The number of carboxylic acid groups (broad SMARTS) is 1. The van der Waals surface area contributed by atoms with Gasteiger partial charge in [-0.05, 0) is 11.6 Å². The van der Waals surface area contributed by atoms with Crippen LogP contribution < -0.4 is 28.1 Å². The van der Waals surface area contributed by atoms with Gasteiger partial charge in [0, 0.05) is 26.4 Å². The van der Waals surface area contributed by atoms with Gasteiger partial charge in [-0.2, -0.15) is 0 Å². The van der Waals surface area contributed by atoms with Crippen molar-refractivity contribution < 1.29 is 47.5 Å². The van der Waals surface area contributed by atoms with Gasteiger partial charge >= 0.3 is 208 Å². The number of carboxylic acids is 1. The summed E-state index contributed by atoms with van der Waals surface area (Å²) >= 11 is -1.82. The van der Waals surface area contributed by atoms with Gasteiger partial charge in [-0.3, -0.25) is 4.79 Å². The molecule has 3 atom stereocenters. The topological polar surface area (TPSA) is 111 Å². The van der Waals surface area contributed by atoms with Crippen LogP contribution in [0, 0.1) is 5.92 Å². The third-order valence-electron chi connectivity index (χ3n) is 9.50. The van der Waals surface area contributed by atoms with E-state index in [9.17, 15) is 24.3 Å². The molecule has 0 bridgehead atoms. The number of imide groups is 1. The molecule has 2 saturated heterocycles. The Morgan fingerprint density at radius 3 is 2.60 bits per heavy atom.